The van der Waals surface area contributed by atoms with Crippen LogP contribution in [0.5, 0.6) is 5.75 Å². The number of ether oxygens (including phenoxy) is 1. The molecule has 3 aromatic rings. The molecule has 1 N–H and O–H groups in total. The molecule has 0 fully saturated rings. The highest BCUT2D eigenvalue weighted by Crippen LogP contribution is 2.16. The molecule has 0 aliphatic carbocycles. The second kappa shape index (κ2) is 7.95. The van der Waals surface area contributed by atoms with Crippen LogP contribution in [0.25, 0.3) is 5.82 Å². The predicted molar refractivity (Wildman–Crippen MR) is 103 cm³/mol. The molecule has 1 aromatic carbocycles. The average Bonchev–Trinajstić information content (AvgIpc) is 3.01. The highest BCUT2D eigenvalue weighted by atomic mass is 32.2. The van der Waals surface area contributed by atoms with E-state index >= 15 is 0 Å². The molecule has 0 atom stereocenters. The maximum absolute atomic E-state index is 12.4. The molecule has 3 rings (SSSR count). The molecule has 2 heterocycles. The summed E-state index contributed by atoms with van der Waals surface area (Å²) < 4.78 is 35.2. The molecule has 0 spiro atoms. The van der Waals surface area contributed by atoms with Crippen molar-refractivity contribution < 1.29 is 13.2 Å². The van der Waals surface area contributed by atoms with Crippen LogP contribution in [0, 0.1) is 13.8 Å². The number of aromatic nitrogens is 4. The van der Waals surface area contributed by atoms with Crippen LogP contribution in [0.15, 0.2) is 52.2 Å². The Balaban J connectivity index is 1.75. The number of hydrogen-bond donors (Lipinski definition) is 1. The molecule has 0 unspecified atom stereocenters. The van der Waals surface area contributed by atoms with Crippen molar-refractivity contribution in [1.29, 1.82) is 0 Å². The lowest BCUT2D eigenvalue weighted by molar-refractivity contribution is 0.413. The molecule has 10 heteroatoms. The summed E-state index contributed by atoms with van der Waals surface area (Å²) >= 11 is 0. The van der Waals surface area contributed by atoms with Crippen molar-refractivity contribution >= 4 is 10.0 Å². The lowest BCUT2D eigenvalue weighted by Gasteiger charge is -2.10. The molecular weight excluding hydrogens is 382 g/mol. The molecular formula is C18H21N5O4S. The minimum absolute atomic E-state index is 0.00696. The van der Waals surface area contributed by atoms with Gasteiger partial charge in [-0.25, -0.2) is 22.5 Å². The lowest BCUT2D eigenvalue weighted by atomic mass is 10.3. The van der Waals surface area contributed by atoms with E-state index < -0.39 is 10.0 Å². The summed E-state index contributed by atoms with van der Waals surface area (Å²) in [5.41, 5.74) is 1.39. The molecule has 28 heavy (non-hydrogen) atoms. The summed E-state index contributed by atoms with van der Waals surface area (Å²) in [5.74, 6) is 0.930. The van der Waals surface area contributed by atoms with Gasteiger partial charge in [0.05, 0.1) is 24.2 Å². The first-order chi connectivity index (χ1) is 13.3. The highest BCUT2D eigenvalue weighted by Gasteiger charge is 2.15. The van der Waals surface area contributed by atoms with Gasteiger partial charge in [0.1, 0.15) is 5.75 Å². The first-order valence-corrected chi connectivity index (χ1v) is 10.0. The van der Waals surface area contributed by atoms with Crippen LogP contribution in [0.4, 0.5) is 0 Å². The van der Waals surface area contributed by atoms with E-state index in [1.165, 1.54) is 30.0 Å². The number of nitrogens with one attached hydrogen (secondary N) is 1. The van der Waals surface area contributed by atoms with E-state index in [9.17, 15) is 13.2 Å². The lowest BCUT2D eigenvalue weighted by Crippen LogP contribution is -2.32. The summed E-state index contributed by atoms with van der Waals surface area (Å²) in [4.78, 5) is 12.2. The van der Waals surface area contributed by atoms with Crippen LogP contribution < -0.4 is 15.0 Å². The third-order valence-electron chi connectivity index (χ3n) is 4.05. The standard InChI is InChI=1S/C18H21N5O4S/c1-13-11-14(2)23(20-13)17-7-8-18(24)22(21-17)10-9-19-28(25,26)16-6-4-5-15(12-16)27-3/h4-8,11-12,19H,9-10H2,1-3H3. The topological polar surface area (TPSA) is 108 Å². The molecule has 0 saturated heterocycles. The van der Waals surface area contributed by atoms with Crippen molar-refractivity contribution in [2.45, 2.75) is 25.3 Å². The summed E-state index contributed by atoms with van der Waals surface area (Å²) in [5, 5.41) is 8.63. The van der Waals surface area contributed by atoms with E-state index in [0.717, 1.165) is 11.4 Å². The summed E-state index contributed by atoms with van der Waals surface area (Å²) in [6.45, 7) is 3.84. The SMILES string of the molecule is COc1cccc(S(=O)(=O)NCCn2nc(-n3nc(C)cc3C)ccc2=O)c1. The van der Waals surface area contributed by atoms with Crippen molar-refractivity contribution in [3.05, 3.63) is 64.2 Å². The van der Waals surface area contributed by atoms with Crippen molar-refractivity contribution in [2.24, 2.45) is 0 Å². The fraction of sp³-hybridized carbons (Fsp3) is 0.278. The van der Waals surface area contributed by atoms with Gasteiger partial charge >= 0.3 is 0 Å². The van der Waals surface area contributed by atoms with Gasteiger partial charge in [-0.3, -0.25) is 4.79 Å². The number of nitrogens with zero attached hydrogens (tertiary/aromatic N) is 4. The zero-order valence-electron chi connectivity index (χ0n) is 15.8. The van der Waals surface area contributed by atoms with Crippen LogP contribution in [-0.4, -0.2) is 41.6 Å². The van der Waals surface area contributed by atoms with Gasteiger partial charge in [-0.05, 0) is 38.1 Å². The van der Waals surface area contributed by atoms with Crippen LogP contribution in [0.2, 0.25) is 0 Å². The van der Waals surface area contributed by atoms with Crippen LogP contribution in [0.3, 0.4) is 0 Å². The van der Waals surface area contributed by atoms with Crippen molar-refractivity contribution in [3.63, 3.8) is 0 Å². The van der Waals surface area contributed by atoms with Gasteiger partial charge in [-0.15, -0.1) is 5.10 Å². The Morgan fingerprint density at radius 2 is 1.89 bits per heavy atom. The van der Waals surface area contributed by atoms with Crippen LogP contribution >= 0.6 is 0 Å². The Labute approximate surface area is 162 Å². The minimum Gasteiger partial charge on any atom is -0.497 e. The predicted octanol–water partition coefficient (Wildman–Crippen LogP) is 1.03. The Kier molecular flexibility index (Phi) is 5.61. The third kappa shape index (κ3) is 4.29. The number of rotatable bonds is 7. The van der Waals surface area contributed by atoms with Gasteiger partial charge in [0, 0.05) is 24.4 Å². The summed E-state index contributed by atoms with van der Waals surface area (Å²) in [7, 11) is -2.27. The largest absolute Gasteiger partial charge is 0.497 e. The van der Waals surface area contributed by atoms with Crippen molar-refractivity contribution in [2.75, 3.05) is 13.7 Å². The van der Waals surface area contributed by atoms with E-state index in [1.54, 1.807) is 22.9 Å². The molecule has 0 aliphatic heterocycles. The normalized spacial score (nSPS) is 11.5. The van der Waals surface area contributed by atoms with E-state index in [1.807, 2.05) is 19.9 Å². The van der Waals surface area contributed by atoms with Gasteiger partial charge < -0.3 is 4.74 Å². The van der Waals surface area contributed by atoms with Gasteiger partial charge in [-0.2, -0.15) is 5.10 Å². The van der Waals surface area contributed by atoms with E-state index in [4.69, 9.17) is 4.74 Å². The molecule has 2 aromatic heterocycles. The molecule has 148 valence electrons. The zero-order valence-corrected chi connectivity index (χ0v) is 16.6. The first-order valence-electron chi connectivity index (χ1n) is 8.56. The molecule has 9 nitrogen and oxygen atoms in total. The van der Waals surface area contributed by atoms with E-state index in [2.05, 4.69) is 14.9 Å². The van der Waals surface area contributed by atoms with Crippen molar-refractivity contribution in [3.8, 4) is 11.6 Å². The van der Waals surface area contributed by atoms with Crippen LogP contribution in [-0.2, 0) is 16.6 Å². The molecule has 0 aliphatic rings. The number of hydrogen-bond acceptors (Lipinski definition) is 6. The molecule has 0 amide bonds. The van der Waals surface area contributed by atoms with Crippen LogP contribution in [0.1, 0.15) is 11.4 Å². The van der Waals surface area contributed by atoms with Crippen molar-refractivity contribution in [1.82, 2.24) is 24.3 Å². The summed E-state index contributed by atoms with van der Waals surface area (Å²) in [6.07, 6.45) is 0. The molecule has 0 bridgehead atoms. The van der Waals surface area contributed by atoms with E-state index in [0.29, 0.717) is 11.6 Å². The number of benzene rings is 1. The number of methoxy groups -OCH3 is 1. The Bertz CT molecular complexity index is 1150. The first kappa shape index (κ1) is 19.8. The Morgan fingerprint density at radius 3 is 2.57 bits per heavy atom. The maximum Gasteiger partial charge on any atom is 0.266 e. The zero-order chi connectivity index (χ0) is 20.3. The Hall–Kier alpha value is -2.98. The van der Waals surface area contributed by atoms with Gasteiger partial charge in [0.2, 0.25) is 10.0 Å². The fourth-order valence-electron chi connectivity index (χ4n) is 2.71. The monoisotopic (exact) mass is 403 g/mol. The maximum atomic E-state index is 12.4. The van der Waals surface area contributed by atoms with Gasteiger partial charge in [-0.1, -0.05) is 6.07 Å². The number of aryl methyl sites for hydroxylation is 2. The molecule has 0 radical (unpaired) electrons. The molecule has 0 saturated carbocycles. The average molecular weight is 403 g/mol. The third-order valence-corrected chi connectivity index (χ3v) is 5.51. The quantitative estimate of drug-likeness (QED) is 0.631. The Morgan fingerprint density at radius 1 is 1.11 bits per heavy atom. The van der Waals surface area contributed by atoms with Gasteiger partial charge in [0.15, 0.2) is 5.82 Å². The number of sulfonamides is 1. The fourth-order valence-corrected chi connectivity index (χ4v) is 3.77. The van der Waals surface area contributed by atoms with E-state index in [-0.39, 0.29) is 23.5 Å². The second-order valence-electron chi connectivity index (χ2n) is 6.17. The van der Waals surface area contributed by atoms with Gasteiger partial charge in [0.25, 0.3) is 5.56 Å². The highest BCUT2D eigenvalue weighted by molar-refractivity contribution is 7.89. The smallest absolute Gasteiger partial charge is 0.266 e. The minimum atomic E-state index is -3.73. The summed E-state index contributed by atoms with van der Waals surface area (Å²) in [6, 6.07) is 11.0. The second-order valence-corrected chi connectivity index (χ2v) is 7.94.